The van der Waals surface area contributed by atoms with Crippen LogP contribution in [0, 0.1) is 5.41 Å². The normalized spacial score (nSPS) is 29.6. The van der Waals surface area contributed by atoms with Crippen LogP contribution in [0.1, 0.15) is 13.3 Å². The minimum Gasteiger partial charge on any atom is -0.512 e. The van der Waals surface area contributed by atoms with Gasteiger partial charge in [0.15, 0.2) is 0 Å². The number of hydrogen-bond acceptors (Lipinski definition) is 1. The van der Waals surface area contributed by atoms with Crippen molar-refractivity contribution < 1.29 is 5.11 Å². The van der Waals surface area contributed by atoms with E-state index in [0.29, 0.717) is 17.5 Å². The summed E-state index contributed by atoms with van der Waals surface area (Å²) in [6.07, 6.45) is 4.29. The highest BCUT2D eigenvalue weighted by Crippen LogP contribution is 2.37. The summed E-state index contributed by atoms with van der Waals surface area (Å²) in [5, 5.41) is 9.53. The second-order valence-corrected chi connectivity index (χ2v) is 3.92. The third-order valence-electron chi connectivity index (χ3n) is 2.18. The van der Waals surface area contributed by atoms with E-state index in [2.05, 4.69) is 0 Å². The van der Waals surface area contributed by atoms with E-state index in [9.17, 15) is 5.11 Å². The first-order valence-electron chi connectivity index (χ1n) is 3.83. The molecule has 1 unspecified atom stereocenters. The highest BCUT2D eigenvalue weighted by Gasteiger charge is 2.30. The van der Waals surface area contributed by atoms with Crippen LogP contribution in [-0.4, -0.2) is 16.9 Å². The maximum absolute atomic E-state index is 9.53. The Morgan fingerprint density at radius 3 is 2.67 bits per heavy atom. The zero-order valence-corrected chi connectivity index (χ0v) is 8.49. The van der Waals surface area contributed by atoms with E-state index in [4.69, 9.17) is 23.2 Å². The Balaban J connectivity index is 2.86. The topological polar surface area (TPSA) is 20.2 Å². The Morgan fingerprint density at radius 1 is 1.50 bits per heavy atom. The molecule has 0 amide bonds. The summed E-state index contributed by atoms with van der Waals surface area (Å²) in [5.74, 6) is 1.28. The maximum atomic E-state index is 9.53. The van der Waals surface area contributed by atoms with Crippen LogP contribution in [0.25, 0.3) is 0 Å². The lowest BCUT2D eigenvalue weighted by atomic mass is 9.80. The molecule has 1 rings (SSSR count). The van der Waals surface area contributed by atoms with E-state index in [0.717, 1.165) is 12.0 Å². The van der Waals surface area contributed by atoms with Crippen molar-refractivity contribution in [3.8, 4) is 0 Å². The molecule has 0 radical (unpaired) electrons. The van der Waals surface area contributed by atoms with Gasteiger partial charge in [-0.2, -0.15) is 0 Å². The summed E-state index contributed by atoms with van der Waals surface area (Å²) < 4.78 is 0. The average Bonchev–Trinajstić information content (AvgIpc) is 2.10. The maximum Gasteiger partial charge on any atom is 0.0996 e. The molecule has 0 spiro atoms. The Bertz CT molecular complexity index is 233. The number of halogens is 2. The Hall–Kier alpha value is -0.140. The van der Waals surface area contributed by atoms with Gasteiger partial charge in [0.1, 0.15) is 0 Å². The van der Waals surface area contributed by atoms with Gasteiger partial charge in [0.2, 0.25) is 0 Å². The molecule has 0 heterocycles. The monoisotopic (exact) mass is 206 g/mol. The highest BCUT2D eigenvalue weighted by atomic mass is 35.5. The van der Waals surface area contributed by atoms with Gasteiger partial charge in [-0.3, -0.25) is 0 Å². The molecule has 1 aliphatic carbocycles. The second kappa shape index (κ2) is 3.71. The zero-order valence-electron chi connectivity index (χ0n) is 6.98. The predicted octanol–water partition coefficient (Wildman–Crippen LogP) is 3.24. The van der Waals surface area contributed by atoms with Crippen LogP contribution in [0.4, 0.5) is 0 Å². The van der Waals surface area contributed by atoms with Crippen LogP contribution in [0.2, 0.25) is 0 Å². The van der Waals surface area contributed by atoms with Crippen molar-refractivity contribution in [2.45, 2.75) is 13.3 Å². The van der Waals surface area contributed by atoms with Crippen molar-refractivity contribution in [1.29, 1.82) is 0 Å². The molecule has 0 bridgehead atoms. The molecule has 68 valence electrons. The Morgan fingerprint density at radius 2 is 2.17 bits per heavy atom. The van der Waals surface area contributed by atoms with Crippen molar-refractivity contribution >= 4 is 23.2 Å². The fourth-order valence-electron chi connectivity index (χ4n) is 1.26. The quantitative estimate of drug-likeness (QED) is 0.689. The van der Waals surface area contributed by atoms with Gasteiger partial charge in [0, 0.05) is 17.2 Å². The molecular formula is C9H12Cl2O. The average molecular weight is 207 g/mol. The van der Waals surface area contributed by atoms with E-state index >= 15 is 0 Å². The Kier molecular flexibility index (Phi) is 3.08. The molecule has 12 heavy (non-hydrogen) atoms. The van der Waals surface area contributed by atoms with Crippen molar-refractivity contribution in [2.75, 3.05) is 11.8 Å². The van der Waals surface area contributed by atoms with E-state index in [1.807, 2.05) is 13.0 Å². The van der Waals surface area contributed by atoms with Crippen LogP contribution >= 0.6 is 23.2 Å². The molecule has 0 saturated heterocycles. The third-order valence-corrected chi connectivity index (χ3v) is 3.11. The molecule has 0 aromatic rings. The fourth-order valence-corrected chi connectivity index (χ4v) is 1.67. The van der Waals surface area contributed by atoms with E-state index in [1.54, 1.807) is 6.08 Å². The molecule has 1 aliphatic rings. The smallest absolute Gasteiger partial charge is 0.0996 e. The van der Waals surface area contributed by atoms with Crippen molar-refractivity contribution in [2.24, 2.45) is 5.41 Å². The van der Waals surface area contributed by atoms with Crippen LogP contribution in [-0.2, 0) is 0 Å². The minimum absolute atomic E-state index is 0.319. The number of rotatable bonds is 2. The summed E-state index contributed by atoms with van der Waals surface area (Å²) in [5.41, 5.74) is 0.804. The SMILES string of the molecule is CC1(CCl)CC(CCl)=CC=C1O. The molecule has 0 aromatic heterocycles. The number of allylic oxidation sites excluding steroid dienone is 4. The van der Waals surface area contributed by atoms with Gasteiger partial charge in [-0.15, -0.1) is 23.2 Å². The summed E-state index contributed by atoms with van der Waals surface area (Å²) in [6, 6.07) is 0. The summed E-state index contributed by atoms with van der Waals surface area (Å²) in [7, 11) is 0. The lowest BCUT2D eigenvalue weighted by Gasteiger charge is -2.29. The lowest BCUT2D eigenvalue weighted by Crippen LogP contribution is -2.24. The van der Waals surface area contributed by atoms with Crippen LogP contribution in [0.15, 0.2) is 23.5 Å². The predicted molar refractivity (Wildman–Crippen MR) is 53.0 cm³/mol. The van der Waals surface area contributed by atoms with Gasteiger partial charge in [0.05, 0.1) is 5.76 Å². The van der Waals surface area contributed by atoms with E-state index in [-0.39, 0.29) is 5.41 Å². The molecule has 0 aromatic carbocycles. The van der Waals surface area contributed by atoms with E-state index in [1.165, 1.54) is 0 Å². The molecule has 0 saturated carbocycles. The van der Waals surface area contributed by atoms with Gasteiger partial charge in [0.25, 0.3) is 0 Å². The van der Waals surface area contributed by atoms with Crippen LogP contribution in [0.5, 0.6) is 0 Å². The lowest BCUT2D eigenvalue weighted by molar-refractivity contribution is 0.256. The first-order chi connectivity index (χ1) is 5.62. The first kappa shape index (κ1) is 9.94. The molecule has 1 atom stereocenters. The molecule has 0 aliphatic heterocycles. The summed E-state index contributed by atoms with van der Waals surface area (Å²) in [6.45, 7) is 1.94. The zero-order chi connectivity index (χ0) is 9.19. The number of aliphatic hydroxyl groups is 1. The fraction of sp³-hybridized carbons (Fsp3) is 0.556. The first-order valence-corrected chi connectivity index (χ1v) is 4.90. The summed E-state index contributed by atoms with van der Waals surface area (Å²) >= 11 is 11.5. The van der Waals surface area contributed by atoms with Crippen molar-refractivity contribution in [3.63, 3.8) is 0 Å². The minimum atomic E-state index is -0.319. The van der Waals surface area contributed by atoms with E-state index < -0.39 is 0 Å². The third kappa shape index (κ3) is 1.78. The molecule has 0 fully saturated rings. The van der Waals surface area contributed by atoms with Crippen LogP contribution in [0.3, 0.4) is 0 Å². The second-order valence-electron chi connectivity index (χ2n) is 3.38. The summed E-state index contributed by atoms with van der Waals surface area (Å²) in [4.78, 5) is 0. The number of alkyl halides is 2. The van der Waals surface area contributed by atoms with Gasteiger partial charge < -0.3 is 5.11 Å². The van der Waals surface area contributed by atoms with Crippen molar-refractivity contribution in [3.05, 3.63) is 23.5 Å². The molecule has 1 N–H and O–H groups in total. The number of hydrogen-bond donors (Lipinski definition) is 1. The standard InChI is InChI=1S/C9H12Cl2O/c1-9(6-11)4-7(5-10)2-3-8(9)12/h2-3,12H,4-6H2,1H3. The van der Waals surface area contributed by atoms with Crippen molar-refractivity contribution in [1.82, 2.24) is 0 Å². The number of aliphatic hydroxyl groups excluding tert-OH is 1. The highest BCUT2D eigenvalue weighted by molar-refractivity contribution is 6.19. The van der Waals surface area contributed by atoms with Gasteiger partial charge in [-0.1, -0.05) is 18.6 Å². The Labute approximate surface area is 82.7 Å². The van der Waals surface area contributed by atoms with Gasteiger partial charge in [-0.25, -0.2) is 0 Å². The molecular weight excluding hydrogens is 195 g/mol. The van der Waals surface area contributed by atoms with Gasteiger partial charge >= 0.3 is 0 Å². The molecule has 1 nitrogen and oxygen atoms in total. The van der Waals surface area contributed by atoms with Crippen LogP contribution < -0.4 is 0 Å². The largest absolute Gasteiger partial charge is 0.512 e. The molecule has 3 heteroatoms. The van der Waals surface area contributed by atoms with Gasteiger partial charge in [-0.05, 0) is 12.5 Å².